The minimum Gasteiger partial charge on any atom is -0.282 e. The first kappa shape index (κ1) is 15.7. The van der Waals surface area contributed by atoms with Crippen molar-refractivity contribution in [1.82, 2.24) is 9.55 Å². The Morgan fingerprint density at radius 3 is 2.43 bits per heavy atom. The van der Waals surface area contributed by atoms with Gasteiger partial charge in [0.05, 0.1) is 23.0 Å². The highest BCUT2D eigenvalue weighted by atomic mass is 79.9. The quantitative estimate of drug-likeness (QED) is 0.621. The summed E-state index contributed by atoms with van der Waals surface area (Å²) >= 11 is 3.17. The van der Waals surface area contributed by atoms with Gasteiger partial charge in [0.25, 0.3) is 5.56 Å². The average Bonchev–Trinajstić information content (AvgIpc) is 2.51. The van der Waals surface area contributed by atoms with E-state index >= 15 is 0 Å². The molecule has 0 aliphatic carbocycles. The number of aromatic nitrogens is 2. The summed E-state index contributed by atoms with van der Waals surface area (Å²) in [6.07, 6.45) is -4.48. The Morgan fingerprint density at radius 2 is 1.70 bits per heavy atom. The van der Waals surface area contributed by atoms with Crippen molar-refractivity contribution < 1.29 is 13.2 Å². The topological polar surface area (TPSA) is 34.9 Å². The molecule has 0 aliphatic rings. The van der Waals surface area contributed by atoms with Gasteiger partial charge < -0.3 is 0 Å². The van der Waals surface area contributed by atoms with Crippen LogP contribution in [-0.2, 0) is 12.7 Å². The van der Waals surface area contributed by atoms with E-state index in [1.165, 1.54) is 22.8 Å². The molecule has 23 heavy (non-hydrogen) atoms. The molecule has 0 bridgehead atoms. The largest absolute Gasteiger partial charge is 0.416 e. The van der Waals surface area contributed by atoms with Crippen LogP contribution in [-0.4, -0.2) is 9.55 Å². The van der Waals surface area contributed by atoms with Crippen LogP contribution in [0, 0.1) is 0 Å². The molecule has 3 rings (SSSR count). The van der Waals surface area contributed by atoms with E-state index in [4.69, 9.17) is 0 Å². The maximum absolute atomic E-state index is 13.1. The molecular formula is C16H10BrF3N2O. The number of fused-ring (bicyclic) bond motifs is 1. The third-order valence-electron chi connectivity index (χ3n) is 3.47. The zero-order valence-corrected chi connectivity index (χ0v) is 13.2. The monoisotopic (exact) mass is 382 g/mol. The summed E-state index contributed by atoms with van der Waals surface area (Å²) in [5.74, 6) is 0. The van der Waals surface area contributed by atoms with E-state index < -0.39 is 11.7 Å². The van der Waals surface area contributed by atoms with Crippen LogP contribution in [0.15, 0.2) is 58.1 Å². The van der Waals surface area contributed by atoms with Crippen LogP contribution in [0.3, 0.4) is 0 Å². The molecule has 0 amide bonds. The molecule has 7 heteroatoms. The highest BCUT2D eigenvalue weighted by Gasteiger charge is 2.33. The maximum Gasteiger partial charge on any atom is 0.416 e. The van der Waals surface area contributed by atoms with E-state index in [9.17, 15) is 18.0 Å². The molecule has 3 aromatic rings. The van der Waals surface area contributed by atoms with Gasteiger partial charge in [-0.25, -0.2) is 4.98 Å². The van der Waals surface area contributed by atoms with Crippen LogP contribution < -0.4 is 5.56 Å². The number of para-hydroxylation sites is 1. The number of rotatable bonds is 2. The van der Waals surface area contributed by atoms with Gasteiger partial charge in [-0.05, 0) is 39.7 Å². The second kappa shape index (κ2) is 5.81. The van der Waals surface area contributed by atoms with E-state index in [0.29, 0.717) is 10.9 Å². The lowest BCUT2D eigenvalue weighted by Crippen LogP contribution is -2.24. The van der Waals surface area contributed by atoms with Gasteiger partial charge in [-0.3, -0.25) is 9.36 Å². The van der Waals surface area contributed by atoms with Crippen molar-refractivity contribution in [1.29, 1.82) is 0 Å². The van der Waals surface area contributed by atoms with E-state index in [0.717, 1.165) is 6.07 Å². The number of hydrogen-bond donors (Lipinski definition) is 0. The summed E-state index contributed by atoms with van der Waals surface area (Å²) in [4.78, 5) is 16.7. The van der Waals surface area contributed by atoms with Crippen molar-refractivity contribution in [2.75, 3.05) is 0 Å². The molecule has 0 atom stereocenters. The lowest BCUT2D eigenvalue weighted by molar-refractivity contribution is -0.138. The van der Waals surface area contributed by atoms with E-state index in [1.54, 1.807) is 24.3 Å². The summed E-state index contributed by atoms with van der Waals surface area (Å²) in [5, 5.41) is 0.361. The molecule has 0 radical (unpaired) electrons. The molecule has 1 aromatic heterocycles. The zero-order chi connectivity index (χ0) is 16.6. The molecule has 1 heterocycles. The Bertz CT molecular complexity index is 934. The van der Waals surface area contributed by atoms with Crippen LogP contribution in [0.5, 0.6) is 0 Å². The van der Waals surface area contributed by atoms with Gasteiger partial charge in [0.2, 0.25) is 0 Å². The average molecular weight is 383 g/mol. The smallest absolute Gasteiger partial charge is 0.282 e. The first-order valence-electron chi connectivity index (χ1n) is 6.68. The first-order valence-corrected chi connectivity index (χ1v) is 7.47. The lowest BCUT2D eigenvalue weighted by Gasteiger charge is -2.15. The molecule has 0 aliphatic heterocycles. The summed E-state index contributed by atoms with van der Waals surface area (Å²) in [5.41, 5.74) is -0.643. The van der Waals surface area contributed by atoms with E-state index in [-0.39, 0.29) is 22.4 Å². The third kappa shape index (κ3) is 3.01. The molecule has 0 unspecified atom stereocenters. The lowest BCUT2D eigenvalue weighted by atomic mass is 10.1. The fourth-order valence-electron chi connectivity index (χ4n) is 2.38. The van der Waals surface area contributed by atoms with Crippen molar-refractivity contribution >= 4 is 26.8 Å². The summed E-state index contributed by atoms with van der Waals surface area (Å²) in [6.45, 7) is -0.215. The Balaban J connectivity index is 2.15. The predicted octanol–water partition coefficient (Wildman–Crippen LogP) is 4.23. The van der Waals surface area contributed by atoms with Crippen molar-refractivity contribution in [2.45, 2.75) is 12.7 Å². The minimum atomic E-state index is -4.48. The van der Waals surface area contributed by atoms with Gasteiger partial charge in [0.15, 0.2) is 4.73 Å². The number of alkyl halides is 3. The van der Waals surface area contributed by atoms with Gasteiger partial charge in [-0.1, -0.05) is 30.3 Å². The highest BCUT2D eigenvalue weighted by Crippen LogP contribution is 2.32. The summed E-state index contributed by atoms with van der Waals surface area (Å²) in [7, 11) is 0. The van der Waals surface area contributed by atoms with Crippen LogP contribution in [0.1, 0.15) is 11.1 Å². The van der Waals surface area contributed by atoms with Gasteiger partial charge >= 0.3 is 6.18 Å². The minimum absolute atomic E-state index is 0.0138. The first-order chi connectivity index (χ1) is 10.9. The Hall–Kier alpha value is -2.15. The van der Waals surface area contributed by atoms with Crippen molar-refractivity contribution in [2.24, 2.45) is 0 Å². The Labute approximate surface area is 137 Å². The zero-order valence-electron chi connectivity index (χ0n) is 11.6. The van der Waals surface area contributed by atoms with E-state index in [2.05, 4.69) is 20.9 Å². The third-order valence-corrected chi connectivity index (χ3v) is 4.07. The molecule has 0 spiro atoms. The SMILES string of the molecule is O=c1c2ccccc2nc(Br)n1Cc1ccccc1C(F)(F)F. The Kier molecular flexibility index (Phi) is 3.97. The molecule has 0 fully saturated rings. The second-order valence-electron chi connectivity index (χ2n) is 4.94. The second-order valence-corrected chi connectivity index (χ2v) is 5.65. The summed E-state index contributed by atoms with van der Waals surface area (Å²) < 4.78 is 40.7. The molecule has 0 N–H and O–H groups in total. The van der Waals surface area contributed by atoms with Crippen molar-refractivity contribution in [3.8, 4) is 0 Å². The number of nitrogens with zero attached hydrogens (tertiary/aromatic N) is 2. The maximum atomic E-state index is 13.1. The predicted molar refractivity (Wildman–Crippen MR) is 84.2 cm³/mol. The van der Waals surface area contributed by atoms with Crippen molar-refractivity contribution in [3.63, 3.8) is 0 Å². The molecule has 2 aromatic carbocycles. The van der Waals surface area contributed by atoms with Gasteiger partial charge in [-0.2, -0.15) is 13.2 Å². The normalized spacial score (nSPS) is 11.8. The van der Waals surface area contributed by atoms with Crippen LogP contribution >= 0.6 is 15.9 Å². The molecular weight excluding hydrogens is 373 g/mol. The van der Waals surface area contributed by atoms with Crippen LogP contribution in [0.25, 0.3) is 10.9 Å². The number of benzene rings is 2. The van der Waals surface area contributed by atoms with Gasteiger partial charge in [0.1, 0.15) is 0 Å². The Morgan fingerprint density at radius 1 is 1.04 bits per heavy atom. The molecule has 3 nitrogen and oxygen atoms in total. The molecule has 0 saturated carbocycles. The van der Waals surface area contributed by atoms with Crippen LogP contribution in [0.4, 0.5) is 13.2 Å². The van der Waals surface area contributed by atoms with Gasteiger partial charge in [-0.15, -0.1) is 0 Å². The molecule has 0 saturated heterocycles. The fraction of sp³-hybridized carbons (Fsp3) is 0.125. The van der Waals surface area contributed by atoms with Crippen LogP contribution in [0.2, 0.25) is 0 Å². The standard InChI is InChI=1S/C16H10BrF3N2O/c17-15-21-13-8-4-2-6-11(13)14(23)22(15)9-10-5-1-3-7-12(10)16(18,19)20/h1-8H,9H2. The highest BCUT2D eigenvalue weighted by molar-refractivity contribution is 9.10. The fourth-order valence-corrected chi connectivity index (χ4v) is 2.86. The van der Waals surface area contributed by atoms with Crippen molar-refractivity contribution in [3.05, 3.63) is 74.7 Å². The number of halogens is 4. The molecule has 118 valence electrons. The van der Waals surface area contributed by atoms with Gasteiger partial charge in [0, 0.05) is 0 Å². The summed E-state index contributed by atoms with van der Waals surface area (Å²) in [6, 6.07) is 11.9. The van der Waals surface area contributed by atoms with E-state index in [1.807, 2.05) is 0 Å². The number of hydrogen-bond acceptors (Lipinski definition) is 2.